The number of hydrogen-bond acceptors (Lipinski definition) is 4. The van der Waals surface area contributed by atoms with Crippen LogP contribution in [-0.4, -0.2) is 17.3 Å². The Kier molecular flexibility index (Phi) is 3.84. The van der Waals surface area contributed by atoms with Crippen LogP contribution >= 0.6 is 23.2 Å². The topological polar surface area (TPSA) is 47.0 Å². The molecule has 0 unspecified atom stereocenters. The van der Waals surface area contributed by atoms with E-state index in [1.54, 1.807) is 0 Å². The molecule has 4 nitrogen and oxygen atoms in total. The minimum Gasteiger partial charge on any atom is -0.494 e. The second-order valence-electron chi connectivity index (χ2n) is 3.34. The molecule has 2 rings (SSSR count). The molecule has 0 aliphatic carbocycles. The van der Waals surface area contributed by atoms with Crippen molar-refractivity contribution in [2.75, 3.05) is 12.4 Å². The molecule has 0 amide bonds. The van der Waals surface area contributed by atoms with Crippen molar-refractivity contribution >= 4 is 34.6 Å². The number of aromatic nitrogens is 2. The third-order valence-corrected chi connectivity index (χ3v) is 2.62. The lowest BCUT2D eigenvalue weighted by molar-refractivity contribution is 0.413. The molecule has 94 valence electrons. The third-order valence-electron chi connectivity index (χ3n) is 2.15. The Morgan fingerprint density at radius 2 is 1.94 bits per heavy atom. The molecule has 1 N–H and O–H groups in total. The van der Waals surface area contributed by atoms with Gasteiger partial charge >= 0.3 is 0 Å². The predicted molar refractivity (Wildman–Crippen MR) is 68.3 cm³/mol. The van der Waals surface area contributed by atoms with Gasteiger partial charge in [-0.05, 0) is 12.1 Å². The van der Waals surface area contributed by atoms with Gasteiger partial charge in [-0.15, -0.1) is 10.2 Å². The lowest BCUT2D eigenvalue weighted by Crippen LogP contribution is -1.98. The van der Waals surface area contributed by atoms with Crippen molar-refractivity contribution in [1.29, 1.82) is 0 Å². The van der Waals surface area contributed by atoms with Gasteiger partial charge in [0.05, 0.1) is 18.5 Å². The van der Waals surface area contributed by atoms with Crippen molar-refractivity contribution in [3.63, 3.8) is 0 Å². The summed E-state index contributed by atoms with van der Waals surface area (Å²) in [7, 11) is 1.44. The van der Waals surface area contributed by atoms with E-state index in [1.165, 1.54) is 31.4 Å². The number of nitrogens with zero attached hydrogens (tertiary/aromatic N) is 2. The van der Waals surface area contributed by atoms with E-state index < -0.39 is 5.82 Å². The number of halogens is 3. The highest BCUT2D eigenvalue weighted by Crippen LogP contribution is 2.31. The van der Waals surface area contributed by atoms with Crippen LogP contribution in [0.25, 0.3) is 0 Å². The zero-order valence-electron chi connectivity index (χ0n) is 9.25. The van der Waals surface area contributed by atoms with Gasteiger partial charge in [0.1, 0.15) is 11.6 Å². The maximum atomic E-state index is 13.0. The van der Waals surface area contributed by atoms with Crippen molar-refractivity contribution in [2.45, 2.75) is 0 Å². The van der Waals surface area contributed by atoms with E-state index in [4.69, 9.17) is 27.9 Å². The van der Waals surface area contributed by atoms with Crippen LogP contribution in [-0.2, 0) is 0 Å². The van der Waals surface area contributed by atoms with Gasteiger partial charge < -0.3 is 10.1 Å². The zero-order valence-corrected chi connectivity index (χ0v) is 10.8. The van der Waals surface area contributed by atoms with Crippen molar-refractivity contribution in [1.82, 2.24) is 10.2 Å². The molecule has 0 spiro atoms. The maximum absolute atomic E-state index is 13.0. The number of hydrogen-bond donors (Lipinski definition) is 1. The number of ether oxygens (including phenoxy) is 1. The molecule has 0 aliphatic rings. The van der Waals surface area contributed by atoms with Crippen LogP contribution < -0.4 is 10.1 Å². The summed E-state index contributed by atoms with van der Waals surface area (Å²) in [6, 6.07) is 5.60. The van der Waals surface area contributed by atoms with Gasteiger partial charge in [-0.2, -0.15) is 0 Å². The molecule has 18 heavy (non-hydrogen) atoms. The minimum absolute atomic E-state index is 0.158. The summed E-state index contributed by atoms with van der Waals surface area (Å²) in [5.41, 5.74) is 1.01. The number of nitrogens with one attached hydrogen (secondary N) is 1. The second kappa shape index (κ2) is 5.37. The first kappa shape index (κ1) is 12.9. The molecule has 0 radical (unpaired) electrons. The highest BCUT2D eigenvalue weighted by Gasteiger charge is 2.09. The van der Waals surface area contributed by atoms with E-state index in [9.17, 15) is 4.39 Å². The molecule has 1 aromatic heterocycles. The summed E-state index contributed by atoms with van der Waals surface area (Å²) >= 11 is 11.6. The molecular weight excluding hydrogens is 280 g/mol. The van der Waals surface area contributed by atoms with Crippen LogP contribution in [0.15, 0.2) is 24.3 Å². The van der Waals surface area contributed by atoms with Gasteiger partial charge in [0.15, 0.2) is 10.3 Å². The summed E-state index contributed by atoms with van der Waals surface area (Å²) in [5, 5.41) is 10.5. The van der Waals surface area contributed by atoms with Crippen molar-refractivity contribution in [2.24, 2.45) is 0 Å². The summed E-state index contributed by atoms with van der Waals surface area (Å²) in [5.74, 6) is -0.0478. The Bertz CT molecular complexity index is 580. The van der Waals surface area contributed by atoms with Crippen LogP contribution in [0.4, 0.5) is 15.8 Å². The molecular formula is C11H8Cl2FN3O. The van der Waals surface area contributed by atoms with Crippen LogP contribution in [0.1, 0.15) is 0 Å². The quantitative estimate of drug-likeness (QED) is 0.936. The van der Waals surface area contributed by atoms with Gasteiger partial charge in [-0.25, -0.2) is 4.39 Å². The Hall–Kier alpha value is -1.59. The Morgan fingerprint density at radius 1 is 1.17 bits per heavy atom. The molecule has 0 fully saturated rings. The first-order chi connectivity index (χ1) is 8.60. The highest BCUT2D eigenvalue weighted by atomic mass is 35.5. The molecule has 7 heteroatoms. The van der Waals surface area contributed by atoms with Crippen molar-refractivity contribution in [3.05, 3.63) is 40.4 Å². The summed E-state index contributed by atoms with van der Waals surface area (Å²) in [6.45, 7) is 0. The first-order valence-electron chi connectivity index (χ1n) is 4.89. The molecule has 2 aromatic rings. The molecule has 0 atom stereocenters. The molecule has 1 aromatic carbocycles. The molecule has 0 aliphatic heterocycles. The maximum Gasteiger partial charge on any atom is 0.175 e. The number of rotatable bonds is 3. The van der Waals surface area contributed by atoms with Crippen LogP contribution in [0, 0.1) is 5.82 Å². The van der Waals surface area contributed by atoms with Crippen LogP contribution in [0.3, 0.4) is 0 Å². The highest BCUT2D eigenvalue weighted by molar-refractivity contribution is 6.33. The second-order valence-corrected chi connectivity index (χ2v) is 4.09. The zero-order chi connectivity index (χ0) is 13.1. The largest absolute Gasteiger partial charge is 0.494 e. The lowest BCUT2D eigenvalue weighted by atomic mass is 10.2. The van der Waals surface area contributed by atoms with Gasteiger partial charge in [-0.3, -0.25) is 0 Å². The molecule has 0 bridgehead atoms. The van der Waals surface area contributed by atoms with Gasteiger partial charge in [0.2, 0.25) is 0 Å². The number of benzene rings is 1. The first-order valence-corrected chi connectivity index (χ1v) is 5.65. The fraction of sp³-hybridized carbons (Fsp3) is 0.0909. The summed E-state index contributed by atoms with van der Waals surface area (Å²) in [6.07, 6.45) is 0. The van der Waals surface area contributed by atoms with E-state index in [2.05, 4.69) is 15.5 Å². The van der Waals surface area contributed by atoms with Gasteiger partial charge in [0.25, 0.3) is 0 Å². The van der Waals surface area contributed by atoms with E-state index in [0.717, 1.165) is 0 Å². The van der Waals surface area contributed by atoms with E-state index in [-0.39, 0.29) is 10.3 Å². The Balaban J connectivity index is 2.36. The van der Waals surface area contributed by atoms with Crippen molar-refractivity contribution < 1.29 is 9.13 Å². The number of methoxy groups -OCH3 is 1. The SMILES string of the molecule is COc1cc(F)ccc1Nc1cc(Cl)nnc1Cl. The van der Waals surface area contributed by atoms with Crippen molar-refractivity contribution in [3.8, 4) is 5.75 Å². The Morgan fingerprint density at radius 3 is 2.67 bits per heavy atom. The molecule has 0 saturated carbocycles. The minimum atomic E-state index is -0.394. The van der Waals surface area contributed by atoms with E-state index in [0.29, 0.717) is 17.1 Å². The fourth-order valence-electron chi connectivity index (χ4n) is 1.35. The van der Waals surface area contributed by atoms with E-state index >= 15 is 0 Å². The normalized spacial score (nSPS) is 10.2. The van der Waals surface area contributed by atoms with Crippen LogP contribution in [0.2, 0.25) is 10.3 Å². The standard InChI is InChI=1S/C11H8Cl2FN3O/c1-18-9-4-6(14)2-3-7(9)15-8-5-10(12)16-17-11(8)13/h2-5H,1H3,(H,15,16). The lowest BCUT2D eigenvalue weighted by Gasteiger charge is -2.11. The smallest absolute Gasteiger partial charge is 0.175 e. The average molecular weight is 288 g/mol. The number of anilines is 2. The monoisotopic (exact) mass is 287 g/mol. The van der Waals surface area contributed by atoms with Gasteiger partial charge in [0, 0.05) is 12.1 Å². The fourth-order valence-corrected chi connectivity index (χ4v) is 1.64. The van der Waals surface area contributed by atoms with E-state index in [1.807, 2.05) is 0 Å². The average Bonchev–Trinajstić information content (AvgIpc) is 2.36. The molecule has 1 heterocycles. The summed E-state index contributed by atoms with van der Waals surface area (Å²) < 4.78 is 18.1. The summed E-state index contributed by atoms with van der Waals surface area (Å²) in [4.78, 5) is 0. The predicted octanol–water partition coefficient (Wildman–Crippen LogP) is 3.67. The van der Waals surface area contributed by atoms with Gasteiger partial charge in [-0.1, -0.05) is 23.2 Å². The molecule has 0 saturated heterocycles. The third kappa shape index (κ3) is 2.80. The Labute approximate surface area is 113 Å². The van der Waals surface area contributed by atoms with Crippen LogP contribution in [0.5, 0.6) is 5.75 Å².